The Morgan fingerprint density at radius 2 is 1.90 bits per heavy atom. The number of rotatable bonds is 8. The van der Waals surface area contributed by atoms with Crippen LogP contribution < -0.4 is 10.6 Å². The molecular formula is C22H36N4O2S. The highest BCUT2D eigenvalue weighted by Crippen LogP contribution is 2.21. The number of hydrogen-bond acceptors (Lipinski definition) is 4. The molecule has 162 valence electrons. The highest BCUT2D eigenvalue weighted by Gasteiger charge is 2.28. The van der Waals surface area contributed by atoms with Gasteiger partial charge in [-0.25, -0.2) is 8.42 Å². The van der Waals surface area contributed by atoms with Crippen molar-refractivity contribution < 1.29 is 8.42 Å². The first-order valence-corrected chi connectivity index (χ1v) is 12.8. The molecule has 1 aromatic rings. The molecule has 1 atom stereocenters. The van der Waals surface area contributed by atoms with Crippen molar-refractivity contribution in [3.05, 3.63) is 35.9 Å². The molecular weight excluding hydrogens is 384 g/mol. The molecule has 3 rings (SSSR count). The van der Waals surface area contributed by atoms with Crippen LogP contribution >= 0.6 is 0 Å². The van der Waals surface area contributed by atoms with Gasteiger partial charge in [-0.2, -0.15) is 0 Å². The minimum atomic E-state index is -2.86. The Labute approximate surface area is 176 Å². The summed E-state index contributed by atoms with van der Waals surface area (Å²) in [5, 5.41) is 6.56. The number of guanidine groups is 1. The van der Waals surface area contributed by atoms with Crippen molar-refractivity contribution in [2.75, 3.05) is 44.7 Å². The van der Waals surface area contributed by atoms with Crippen molar-refractivity contribution in [3.8, 4) is 0 Å². The van der Waals surface area contributed by atoms with Crippen LogP contribution in [0, 0.1) is 5.92 Å². The monoisotopic (exact) mass is 420 g/mol. The fourth-order valence-electron chi connectivity index (χ4n) is 4.33. The zero-order chi connectivity index (χ0) is 20.5. The van der Waals surface area contributed by atoms with E-state index < -0.39 is 9.84 Å². The molecule has 2 aliphatic rings. The molecule has 0 bridgehead atoms. The average molecular weight is 421 g/mol. The number of aliphatic imine (C=N–C) groups is 1. The van der Waals surface area contributed by atoms with Crippen LogP contribution in [-0.2, 0) is 16.3 Å². The summed E-state index contributed by atoms with van der Waals surface area (Å²) >= 11 is 0. The lowest BCUT2D eigenvalue weighted by Gasteiger charge is -2.32. The summed E-state index contributed by atoms with van der Waals surface area (Å²) in [6.45, 7) is 4.45. The summed E-state index contributed by atoms with van der Waals surface area (Å²) in [6, 6.07) is 10.8. The van der Waals surface area contributed by atoms with Gasteiger partial charge in [0.1, 0.15) is 0 Å². The lowest BCUT2D eigenvalue weighted by molar-refractivity contribution is 0.181. The summed E-state index contributed by atoms with van der Waals surface area (Å²) in [6.07, 6.45) is 6.75. The summed E-state index contributed by atoms with van der Waals surface area (Å²) in [5.74, 6) is 2.04. The van der Waals surface area contributed by atoms with E-state index in [0.29, 0.717) is 12.4 Å². The lowest BCUT2D eigenvalue weighted by atomic mass is 9.90. The van der Waals surface area contributed by atoms with Gasteiger partial charge in [-0.3, -0.25) is 4.99 Å². The van der Waals surface area contributed by atoms with Gasteiger partial charge in [0.25, 0.3) is 0 Å². The summed E-state index contributed by atoms with van der Waals surface area (Å²) in [7, 11) is -1.13. The third kappa shape index (κ3) is 7.63. The van der Waals surface area contributed by atoms with Gasteiger partial charge in [-0.05, 0) is 69.6 Å². The zero-order valence-electron chi connectivity index (χ0n) is 17.6. The van der Waals surface area contributed by atoms with Gasteiger partial charge in [0.05, 0.1) is 11.5 Å². The molecule has 1 aromatic carbocycles. The summed E-state index contributed by atoms with van der Waals surface area (Å²) in [4.78, 5) is 6.81. The minimum absolute atomic E-state index is 0.0108. The molecule has 2 N–H and O–H groups in total. The number of piperidine rings is 1. The molecule has 7 heteroatoms. The first kappa shape index (κ1) is 22.1. The van der Waals surface area contributed by atoms with Crippen LogP contribution in [0.2, 0.25) is 0 Å². The Kier molecular flexibility index (Phi) is 8.36. The zero-order valence-corrected chi connectivity index (χ0v) is 18.5. The average Bonchev–Trinajstić information content (AvgIpc) is 3.07. The maximum Gasteiger partial charge on any atom is 0.191 e. The van der Waals surface area contributed by atoms with Crippen molar-refractivity contribution in [1.82, 2.24) is 15.5 Å². The molecule has 29 heavy (non-hydrogen) atoms. The molecule has 0 aliphatic carbocycles. The number of unbranched alkanes of at least 4 members (excludes halogenated alkanes) is 1. The second kappa shape index (κ2) is 11.0. The first-order valence-electron chi connectivity index (χ1n) is 11.0. The van der Waals surface area contributed by atoms with Crippen LogP contribution in [0.25, 0.3) is 0 Å². The van der Waals surface area contributed by atoms with Gasteiger partial charge in [-0.1, -0.05) is 30.3 Å². The van der Waals surface area contributed by atoms with Crippen LogP contribution in [0.5, 0.6) is 0 Å². The number of nitrogens with one attached hydrogen (secondary N) is 2. The summed E-state index contributed by atoms with van der Waals surface area (Å²) < 4.78 is 23.1. The Bertz CT molecular complexity index is 743. The van der Waals surface area contributed by atoms with Gasteiger partial charge in [0, 0.05) is 19.6 Å². The topological polar surface area (TPSA) is 73.8 Å². The number of sulfone groups is 1. The fraction of sp³-hybridized carbons (Fsp3) is 0.682. The second-order valence-corrected chi connectivity index (χ2v) is 10.7. The number of nitrogens with zero attached hydrogens (tertiary/aromatic N) is 2. The molecule has 1 unspecified atom stereocenters. The van der Waals surface area contributed by atoms with E-state index in [2.05, 4.69) is 50.9 Å². The molecule has 2 aliphatic heterocycles. The minimum Gasteiger partial charge on any atom is -0.356 e. The van der Waals surface area contributed by atoms with Crippen LogP contribution in [0.4, 0.5) is 0 Å². The molecule has 0 radical (unpaired) electrons. The third-order valence-corrected chi connectivity index (χ3v) is 7.83. The predicted molar refractivity (Wildman–Crippen MR) is 120 cm³/mol. The Hall–Kier alpha value is -1.60. The van der Waals surface area contributed by atoms with Crippen molar-refractivity contribution in [2.45, 2.75) is 44.6 Å². The molecule has 0 amide bonds. The van der Waals surface area contributed by atoms with E-state index >= 15 is 0 Å². The normalized spacial score (nSPS) is 23.2. The number of likely N-dealkylation sites (tertiary alicyclic amines) is 1. The van der Waals surface area contributed by atoms with E-state index in [9.17, 15) is 8.42 Å². The van der Waals surface area contributed by atoms with Crippen molar-refractivity contribution in [1.29, 1.82) is 0 Å². The van der Waals surface area contributed by atoms with Crippen molar-refractivity contribution >= 4 is 15.8 Å². The van der Waals surface area contributed by atoms with Crippen LogP contribution in [0.3, 0.4) is 0 Å². The van der Waals surface area contributed by atoms with Crippen LogP contribution in [0.15, 0.2) is 35.3 Å². The molecule has 2 saturated heterocycles. The van der Waals surface area contributed by atoms with Crippen molar-refractivity contribution in [3.63, 3.8) is 0 Å². The van der Waals surface area contributed by atoms with Crippen LogP contribution in [-0.4, -0.2) is 70.1 Å². The first-order chi connectivity index (χ1) is 14.0. The largest absolute Gasteiger partial charge is 0.356 e. The van der Waals surface area contributed by atoms with Crippen LogP contribution in [0.1, 0.15) is 37.7 Å². The maximum atomic E-state index is 11.6. The van der Waals surface area contributed by atoms with Gasteiger partial charge >= 0.3 is 0 Å². The standard InChI is InChI=1S/C22H36N4O2S/c1-23-22(25-21-11-16-29(27,28)18-21)24-12-5-6-13-26-14-9-20(10-15-26)17-19-7-3-2-4-8-19/h2-4,7-8,20-21H,5-6,9-18H2,1H3,(H2,23,24,25). The Morgan fingerprint density at radius 3 is 2.55 bits per heavy atom. The van der Waals surface area contributed by atoms with E-state index in [1.54, 1.807) is 7.05 Å². The molecule has 0 spiro atoms. The lowest BCUT2D eigenvalue weighted by Crippen LogP contribution is -2.44. The highest BCUT2D eigenvalue weighted by atomic mass is 32.2. The smallest absolute Gasteiger partial charge is 0.191 e. The quantitative estimate of drug-likeness (QED) is 0.383. The molecule has 6 nitrogen and oxygen atoms in total. The Balaban J connectivity index is 1.24. The SMILES string of the molecule is CN=C(NCCCCN1CCC(Cc2ccccc2)CC1)NC1CCS(=O)(=O)C1. The van der Waals surface area contributed by atoms with E-state index in [1.165, 1.54) is 44.3 Å². The second-order valence-electron chi connectivity index (χ2n) is 8.43. The predicted octanol–water partition coefficient (Wildman–Crippen LogP) is 2.07. The Morgan fingerprint density at radius 1 is 1.14 bits per heavy atom. The maximum absolute atomic E-state index is 11.6. The fourth-order valence-corrected chi connectivity index (χ4v) is 6.00. The van der Waals surface area contributed by atoms with Gasteiger partial charge in [0.2, 0.25) is 0 Å². The highest BCUT2D eigenvalue weighted by molar-refractivity contribution is 7.91. The summed E-state index contributed by atoms with van der Waals surface area (Å²) in [5.41, 5.74) is 1.47. The van der Waals surface area contributed by atoms with E-state index in [4.69, 9.17) is 0 Å². The number of hydrogen-bond donors (Lipinski definition) is 2. The molecule has 2 fully saturated rings. The molecule has 0 saturated carbocycles. The number of benzene rings is 1. The van der Waals surface area contributed by atoms with E-state index in [0.717, 1.165) is 25.4 Å². The van der Waals surface area contributed by atoms with E-state index in [-0.39, 0.29) is 17.5 Å². The third-order valence-electron chi connectivity index (χ3n) is 6.06. The van der Waals surface area contributed by atoms with Crippen molar-refractivity contribution in [2.24, 2.45) is 10.9 Å². The van der Waals surface area contributed by atoms with E-state index in [1.807, 2.05) is 0 Å². The molecule has 2 heterocycles. The molecule has 0 aromatic heterocycles. The van der Waals surface area contributed by atoms with Gasteiger partial charge < -0.3 is 15.5 Å². The van der Waals surface area contributed by atoms with Gasteiger partial charge in [-0.15, -0.1) is 0 Å². The van der Waals surface area contributed by atoms with Gasteiger partial charge in [0.15, 0.2) is 15.8 Å².